The van der Waals surface area contributed by atoms with Crippen molar-refractivity contribution in [3.05, 3.63) is 44.8 Å². The van der Waals surface area contributed by atoms with E-state index < -0.39 is 0 Å². The zero-order valence-corrected chi connectivity index (χ0v) is 13.7. The normalized spacial score (nSPS) is 12.6. The second kappa shape index (κ2) is 6.73. The first-order valence-corrected chi connectivity index (χ1v) is 8.67. The van der Waals surface area contributed by atoms with E-state index in [2.05, 4.69) is 59.4 Å². The minimum Gasteiger partial charge on any atom is -0.245 e. The van der Waals surface area contributed by atoms with Gasteiger partial charge >= 0.3 is 0 Å². The molecule has 0 radical (unpaired) electrons. The molecule has 1 nitrogen and oxygen atoms in total. The molecule has 0 aliphatic rings. The van der Waals surface area contributed by atoms with Crippen LogP contribution in [0.1, 0.15) is 36.9 Å². The molecule has 0 fully saturated rings. The van der Waals surface area contributed by atoms with Gasteiger partial charge in [0.15, 0.2) is 0 Å². The summed E-state index contributed by atoms with van der Waals surface area (Å²) in [5.41, 5.74) is 1.24. The van der Waals surface area contributed by atoms with Gasteiger partial charge in [0.05, 0.1) is 11.4 Å². The minimum absolute atomic E-state index is 0.575. The van der Waals surface area contributed by atoms with Crippen LogP contribution in [-0.4, -0.2) is 4.98 Å². The van der Waals surface area contributed by atoms with Gasteiger partial charge in [-0.3, -0.25) is 0 Å². The van der Waals surface area contributed by atoms with Crippen LogP contribution in [0, 0.1) is 0 Å². The molecule has 0 N–H and O–H groups in total. The molecule has 1 heterocycles. The Balaban J connectivity index is 1.96. The number of nitrogens with zero attached hydrogens (tertiary/aromatic N) is 1. The van der Waals surface area contributed by atoms with Gasteiger partial charge in [0.25, 0.3) is 0 Å². The van der Waals surface area contributed by atoms with Gasteiger partial charge in [-0.25, -0.2) is 4.98 Å². The summed E-state index contributed by atoms with van der Waals surface area (Å²) in [5.74, 6) is 1.53. The fraction of sp³-hybridized carbons (Fsp3) is 0.357. The Labute approximate surface area is 125 Å². The average Bonchev–Trinajstić information content (AvgIpc) is 2.84. The third-order valence-corrected chi connectivity index (χ3v) is 5.39. The van der Waals surface area contributed by atoms with E-state index in [9.17, 15) is 0 Å². The zero-order chi connectivity index (χ0) is 13.0. The highest BCUT2D eigenvalue weighted by atomic mass is 79.9. The van der Waals surface area contributed by atoms with E-state index in [1.165, 1.54) is 15.6 Å². The van der Waals surface area contributed by atoms with E-state index in [1.54, 1.807) is 11.3 Å². The smallest absolute Gasteiger partial charge is 0.103 e. The molecule has 1 aromatic carbocycles. The summed E-state index contributed by atoms with van der Waals surface area (Å²) >= 11 is 7.11. The second-order valence-corrected chi connectivity index (χ2v) is 7.13. The van der Waals surface area contributed by atoms with Gasteiger partial charge in [-0.05, 0) is 30.5 Å². The van der Waals surface area contributed by atoms with Crippen LogP contribution in [0.4, 0.5) is 0 Å². The Morgan fingerprint density at radius 1 is 1.44 bits per heavy atom. The van der Waals surface area contributed by atoms with Gasteiger partial charge in [0, 0.05) is 14.7 Å². The molecule has 0 saturated heterocycles. The minimum atomic E-state index is 0.575. The van der Waals surface area contributed by atoms with E-state index in [0.717, 1.165) is 16.6 Å². The largest absolute Gasteiger partial charge is 0.245 e. The van der Waals surface area contributed by atoms with E-state index in [-0.39, 0.29) is 0 Å². The molecule has 0 spiro atoms. The summed E-state index contributed by atoms with van der Waals surface area (Å²) in [6, 6.07) is 8.40. The number of benzene rings is 1. The molecule has 0 aliphatic heterocycles. The SMILES string of the molecule is CCC(C)c1csc(CSc2cccc(Br)c2)n1. The van der Waals surface area contributed by atoms with Crippen molar-refractivity contribution >= 4 is 39.0 Å². The van der Waals surface area contributed by atoms with E-state index >= 15 is 0 Å². The molecule has 1 atom stereocenters. The van der Waals surface area contributed by atoms with Crippen LogP contribution < -0.4 is 0 Å². The first kappa shape index (κ1) is 14.1. The first-order valence-electron chi connectivity index (χ1n) is 6.01. The number of rotatable bonds is 5. The third kappa shape index (κ3) is 3.84. The van der Waals surface area contributed by atoms with Crippen molar-refractivity contribution in [3.8, 4) is 0 Å². The lowest BCUT2D eigenvalue weighted by atomic mass is 10.1. The maximum Gasteiger partial charge on any atom is 0.103 e. The molecule has 1 aromatic heterocycles. The van der Waals surface area contributed by atoms with Crippen molar-refractivity contribution in [3.63, 3.8) is 0 Å². The van der Waals surface area contributed by atoms with Crippen LogP contribution in [-0.2, 0) is 5.75 Å². The van der Waals surface area contributed by atoms with Crippen LogP contribution in [0.3, 0.4) is 0 Å². The molecule has 18 heavy (non-hydrogen) atoms. The average molecular weight is 342 g/mol. The van der Waals surface area contributed by atoms with Crippen LogP contribution in [0.15, 0.2) is 39.0 Å². The summed E-state index contributed by atoms with van der Waals surface area (Å²) in [5, 5.41) is 3.42. The van der Waals surface area contributed by atoms with E-state index in [4.69, 9.17) is 4.98 Å². The Morgan fingerprint density at radius 3 is 3.00 bits per heavy atom. The Kier molecular flexibility index (Phi) is 5.27. The summed E-state index contributed by atoms with van der Waals surface area (Å²) in [6.07, 6.45) is 1.15. The highest BCUT2D eigenvalue weighted by molar-refractivity contribution is 9.10. The van der Waals surface area contributed by atoms with Gasteiger partial charge in [-0.1, -0.05) is 35.8 Å². The summed E-state index contributed by atoms with van der Waals surface area (Å²) in [6.45, 7) is 4.44. The molecule has 2 rings (SSSR count). The van der Waals surface area contributed by atoms with Crippen molar-refractivity contribution in [2.24, 2.45) is 0 Å². The Bertz CT molecular complexity index is 510. The van der Waals surface area contributed by atoms with Crippen LogP contribution >= 0.6 is 39.0 Å². The van der Waals surface area contributed by atoms with Crippen molar-refractivity contribution in [2.75, 3.05) is 0 Å². The molecular formula is C14H16BrNS2. The Morgan fingerprint density at radius 2 is 2.28 bits per heavy atom. The van der Waals surface area contributed by atoms with E-state index in [1.807, 2.05) is 11.8 Å². The fourth-order valence-electron chi connectivity index (χ4n) is 1.53. The van der Waals surface area contributed by atoms with Gasteiger partial charge in [0.2, 0.25) is 0 Å². The lowest BCUT2D eigenvalue weighted by molar-refractivity contribution is 0.711. The first-order chi connectivity index (χ1) is 8.69. The van der Waals surface area contributed by atoms with E-state index in [0.29, 0.717) is 5.92 Å². The lowest BCUT2D eigenvalue weighted by Crippen LogP contribution is -1.91. The highest BCUT2D eigenvalue weighted by Gasteiger charge is 2.08. The number of thiazole rings is 1. The van der Waals surface area contributed by atoms with Crippen molar-refractivity contribution < 1.29 is 0 Å². The van der Waals surface area contributed by atoms with Crippen LogP contribution in [0.2, 0.25) is 0 Å². The fourth-order valence-corrected chi connectivity index (χ4v) is 3.97. The molecule has 0 amide bonds. The zero-order valence-electron chi connectivity index (χ0n) is 10.5. The summed E-state index contributed by atoms with van der Waals surface area (Å²) in [7, 11) is 0. The predicted octanol–water partition coefficient (Wildman–Crippen LogP) is 5.71. The highest BCUT2D eigenvalue weighted by Crippen LogP contribution is 2.28. The molecular weight excluding hydrogens is 326 g/mol. The topological polar surface area (TPSA) is 12.9 Å². The summed E-state index contributed by atoms with van der Waals surface area (Å²) in [4.78, 5) is 5.99. The van der Waals surface area contributed by atoms with Gasteiger partial charge in [-0.2, -0.15) is 0 Å². The third-order valence-electron chi connectivity index (χ3n) is 2.85. The molecule has 96 valence electrons. The molecule has 4 heteroatoms. The molecule has 0 bridgehead atoms. The number of halogens is 1. The number of hydrogen-bond acceptors (Lipinski definition) is 3. The second-order valence-electron chi connectivity index (χ2n) is 4.22. The number of aromatic nitrogens is 1. The van der Waals surface area contributed by atoms with Crippen LogP contribution in [0.25, 0.3) is 0 Å². The van der Waals surface area contributed by atoms with Gasteiger partial charge in [0.1, 0.15) is 5.01 Å². The summed E-state index contributed by atoms with van der Waals surface area (Å²) < 4.78 is 1.13. The maximum absolute atomic E-state index is 4.70. The number of thioether (sulfide) groups is 1. The number of hydrogen-bond donors (Lipinski definition) is 0. The lowest BCUT2D eigenvalue weighted by Gasteiger charge is -2.03. The predicted molar refractivity (Wildman–Crippen MR) is 84.5 cm³/mol. The van der Waals surface area contributed by atoms with Crippen molar-refractivity contribution in [1.82, 2.24) is 4.98 Å². The molecule has 2 aromatic rings. The molecule has 0 saturated carbocycles. The standard InChI is InChI=1S/C14H16BrNS2/c1-3-10(2)13-8-18-14(16-13)9-17-12-6-4-5-11(15)7-12/h4-8,10H,3,9H2,1-2H3. The quantitative estimate of drug-likeness (QED) is 0.645. The van der Waals surface area contributed by atoms with Gasteiger partial charge < -0.3 is 0 Å². The van der Waals surface area contributed by atoms with Crippen molar-refractivity contribution in [1.29, 1.82) is 0 Å². The maximum atomic E-state index is 4.70. The van der Waals surface area contributed by atoms with Crippen molar-refractivity contribution in [2.45, 2.75) is 36.8 Å². The molecule has 0 aliphatic carbocycles. The Hall–Kier alpha value is -0.320. The van der Waals surface area contributed by atoms with Crippen LogP contribution in [0.5, 0.6) is 0 Å². The molecule has 1 unspecified atom stereocenters. The monoisotopic (exact) mass is 341 g/mol. The van der Waals surface area contributed by atoms with Gasteiger partial charge in [-0.15, -0.1) is 23.1 Å².